The van der Waals surface area contributed by atoms with Crippen molar-refractivity contribution in [1.29, 1.82) is 0 Å². The number of hydrogen-bond acceptors (Lipinski definition) is 3. The second-order valence-electron chi connectivity index (χ2n) is 8.61. The zero-order chi connectivity index (χ0) is 19.4. The van der Waals surface area contributed by atoms with Gasteiger partial charge in [0, 0.05) is 6.55 Å². The van der Waals surface area contributed by atoms with Crippen molar-refractivity contribution in [3.05, 3.63) is 71.8 Å². The normalized spacial score (nSPS) is 13.2. The first kappa shape index (κ1) is 21.3. The van der Waals surface area contributed by atoms with Gasteiger partial charge in [0.1, 0.15) is 6.10 Å². The van der Waals surface area contributed by atoms with E-state index in [-0.39, 0.29) is 6.10 Å². The van der Waals surface area contributed by atoms with Crippen LogP contribution in [0.25, 0.3) is 0 Å². The van der Waals surface area contributed by atoms with Crippen LogP contribution in [0.3, 0.4) is 0 Å². The van der Waals surface area contributed by atoms with E-state index < -0.39 is 25.4 Å². The summed E-state index contributed by atoms with van der Waals surface area (Å²) in [7, 11) is -6.48. The number of rotatable bonds is 8. The minimum absolute atomic E-state index is 0.193. The molecule has 0 aliphatic rings. The van der Waals surface area contributed by atoms with Crippen molar-refractivity contribution >= 4 is 25.4 Å². The van der Waals surface area contributed by atoms with Crippen molar-refractivity contribution < 1.29 is 12.7 Å². The first-order valence-corrected chi connectivity index (χ1v) is 18.2. The highest BCUT2D eigenvalue weighted by atomic mass is 28.5. The number of benzene rings is 2. The lowest BCUT2D eigenvalue weighted by Crippen LogP contribution is -2.55. The average Bonchev–Trinajstić information content (AvgIpc) is 2.51. The fourth-order valence-electron chi connectivity index (χ4n) is 2.98. The largest absolute Gasteiger partial charge is 0.477 e. The molecule has 0 heterocycles. The first-order valence-electron chi connectivity index (χ1n) is 9.16. The lowest BCUT2D eigenvalue weighted by atomic mass is 10.0. The van der Waals surface area contributed by atoms with Gasteiger partial charge in [-0.3, -0.25) is 0 Å². The summed E-state index contributed by atoms with van der Waals surface area (Å²) in [4.78, 5) is 0. The molecule has 0 saturated carbocycles. The Morgan fingerprint density at radius 1 is 0.577 bits per heavy atom. The van der Waals surface area contributed by atoms with Crippen molar-refractivity contribution in [3.63, 3.8) is 0 Å². The maximum atomic E-state index is 6.73. The number of hydrogen-bond donors (Lipinski definition) is 0. The SMILES string of the molecule is C[Si](C)(C)O[Si](C)(OC(c1ccccc1)c1ccccc1)O[Si](C)(C)C. The predicted molar refractivity (Wildman–Crippen MR) is 116 cm³/mol. The lowest BCUT2D eigenvalue weighted by molar-refractivity contribution is 0.127. The monoisotopic (exact) mass is 404 g/mol. The Bertz CT molecular complexity index is 623. The predicted octanol–water partition coefficient (Wildman–Crippen LogP) is 6.06. The highest BCUT2D eigenvalue weighted by Crippen LogP contribution is 2.32. The molecule has 0 amide bonds. The van der Waals surface area contributed by atoms with Gasteiger partial charge in [-0.2, -0.15) is 0 Å². The molecule has 0 radical (unpaired) electrons. The van der Waals surface area contributed by atoms with Crippen LogP contribution in [-0.4, -0.2) is 25.4 Å². The molecule has 142 valence electrons. The van der Waals surface area contributed by atoms with Gasteiger partial charge in [-0.15, -0.1) is 0 Å². The van der Waals surface area contributed by atoms with Gasteiger partial charge >= 0.3 is 8.80 Å². The summed E-state index contributed by atoms with van der Waals surface area (Å²) in [6.07, 6.45) is -0.193. The molecule has 6 heteroatoms. The van der Waals surface area contributed by atoms with Gasteiger partial charge in [-0.05, 0) is 50.4 Å². The quantitative estimate of drug-likeness (QED) is 0.500. The van der Waals surface area contributed by atoms with E-state index in [1.54, 1.807) is 0 Å². The summed E-state index contributed by atoms with van der Waals surface area (Å²) in [5.74, 6) is 0. The molecule has 2 aromatic rings. The molecule has 0 fully saturated rings. The first-order chi connectivity index (χ1) is 12.0. The zero-order valence-corrected chi connectivity index (χ0v) is 20.1. The van der Waals surface area contributed by atoms with E-state index in [4.69, 9.17) is 12.7 Å². The molecule has 0 saturated heterocycles. The summed E-state index contributed by atoms with van der Waals surface area (Å²) in [6.45, 7) is 15.2. The van der Waals surface area contributed by atoms with Gasteiger partial charge in [0.05, 0.1) is 0 Å². The van der Waals surface area contributed by atoms with E-state index in [2.05, 4.69) is 70.1 Å². The molecular formula is C20H32O3Si3. The summed E-state index contributed by atoms with van der Waals surface area (Å²) in [5, 5.41) is 0. The average molecular weight is 405 g/mol. The lowest BCUT2D eigenvalue weighted by Gasteiger charge is -2.39. The minimum Gasteiger partial charge on any atom is -0.417 e. The Hall–Kier alpha value is -1.03. The molecule has 0 aromatic heterocycles. The van der Waals surface area contributed by atoms with Crippen molar-refractivity contribution in [1.82, 2.24) is 0 Å². The minimum atomic E-state index is -2.83. The van der Waals surface area contributed by atoms with Crippen LogP contribution in [0.5, 0.6) is 0 Å². The van der Waals surface area contributed by atoms with Crippen LogP contribution in [0.4, 0.5) is 0 Å². The smallest absolute Gasteiger partial charge is 0.417 e. The summed E-state index contributed by atoms with van der Waals surface area (Å²) < 4.78 is 19.8. The maximum Gasteiger partial charge on any atom is 0.477 e. The van der Waals surface area contributed by atoms with Crippen molar-refractivity contribution in [2.24, 2.45) is 0 Å². The van der Waals surface area contributed by atoms with Gasteiger partial charge in [0.15, 0.2) is 16.6 Å². The topological polar surface area (TPSA) is 27.7 Å². The van der Waals surface area contributed by atoms with Crippen molar-refractivity contribution in [2.75, 3.05) is 0 Å². The zero-order valence-electron chi connectivity index (χ0n) is 17.1. The third-order valence-corrected chi connectivity index (χ3v) is 12.0. The van der Waals surface area contributed by atoms with Crippen LogP contribution in [0.15, 0.2) is 60.7 Å². The van der Waals surface area contributed by atoms with Crippen LogP contribution in [0.1, 0.15) is 17.2 Å². The second kappa shape index (κ2) is 8.33. The van der Waals surface area contributed by atoms with Crippen molar-refractivity contribution in [3.8, 4) is 0 Å². The van der Waals surface area contributed by atoms with Gasteiger partial charge in [-0.25, -0.2) is 0 Å². The molecule has 0 N–H and O–H groups in total. The molecular weight excluding hydrogens is 372 g/mol. The Labute approximate surface area is 162 Å². The Balaban J connectivity index is 2.42. The molecule has 0 bridgehead atoms. The third-order valence-electron chi connectivity index (χ3n) is 3.52. The standard InChI is InChI=1S/C20H32O3Si3/c1-24(2,3)22-26(7,23-25(4,5)6)21-20(18-14-10-8-11-15-18)19-16-12-9-13-17-19/h8-17,20H,1-7H3. The summed E-state index contributed by atoms with van der Waals surface area (Å²) in [5.41, 5.74) is 2.24. The van der Waals surface area contributed by atoms with E-state index in [0.29, 0.717) is 0 Å². The van der Waals surface area contributed by atoms with Crippen LogP contribution in [0.2, 0.25) is 45.8 Å². The summed E-state index contributed by atoms with van der Waals surface area (Å²) >= 11 is 0. The van der Waals surface area contributed by atoms with E-state index in [0.717, 1.165) is 11.1 Å². The molecule has 0 unspecified atom stereocenters. The van der Waals surface area contributed by atoms with Crippen LogP contribution in [0, 0.1) is 0 Å². The van der Waals surface area contributed by atoms with Gasteiger partial charge in [0.2, 0.25) is 0 Å². The van der Waals surface area contributed by atoms with E-state index in [1.165, 1.54) is 0 Å². The molecule has 26 heavy (non-hydrogen) atoms. The molecule has 0 atom stereocenters. The molecule has 2 aromatic carbocycles. The molecule has 0 spiro atoms. The van der Waals surface area contributed by atoms with Crippen LogP contribution >= 0.6 is 0 Å². The highest BCUT2D eigenvalue weighted by molar-refractivity contribution is 6.85. The third kappa shape index (κ3) is 6.94. The maximum absolute atomic E-state index is 6.73. The molecule has 2 rings (SSSR count). The summed E-state index contributed by atoms with van der Waals surface area (Å²) in [6, 6.07) is 20.7. The highest BCUT2D eigenvalue weighted by Gasteiger charge is 2.45. The Morgan fingerprint density at radius 2 is 0.923 bits per heavy atom. The molecule has 3 nitrogen and oxygen atoms in total. The van der Waals surface area contributed by atoms with E-state index >= 15 is 0 Å². The van der Waals surface area contributed by atoms with E-state index in [9.17, 15) is 0 Å². The second-order valence-corrected chi connectivity index (χ2v) is 20.7. The fraction of sp³-hybridized carbons (Fsp3) is 0.400. The van der Waals surface area contributed by atoms with Crippen LogP contribution < -0.4 is 0 Å². The van der Waals surface area contributed by atoms with Crippen molar-refractivity contribution in [2.45, 2.75) is 51.9 Å². The van der Waals surface area contributed by atoms with E-state index in [1.807, 2.05) is 36.4 Å². The Morgan fingerprint density at radius 3 is 1.23 bits per heavy atom. The Kier molecular flexibility index (Phi) is 6.81. The van der Waals surface area contributed by atoms with Gasteiger partial charge < -0.3 is 12.7 Å². The van der Waals surface area contributed by atoms with Gasteiger partial charge in [-0.1, -0.05) is 60.7 Å². The molecule has 0 aliphatic heterocycles. The molecule has 0 aliphatic carbocycles. The van der Waals surface area contributed by atoms with Gasteiger partial charge in [0.25, 0.3) is 0 Å². The van der Waals surface area contributed by atoms with Crippen LogP contribution in [-0.2, 0) is 12.7 Å². The fourth-order valence-corrected chi connectivity index (χ4v) is 13.5.